The molecular weight excluding hydrogens is 759 g/mol. The lowest BCUT2D eigenvalue weighted by molar-refractivity contribution is 0.569. The lowest BCUT2D eigenvalue weighted by Gasteiger charge is -2.31. The molecule has 312 valence electrons. The molecular formula is C62H59N. The first-order valence-electron chi connectivity index (χ1n) is 22.8. The molecule has 0 heterocycles. The number of fused-ring (bicyclic) bond motifs is 6. The maximum atomic E-state index is 2.51. The Labute approximate surface area is 376 Å². The minimum Gasteiger partial charge on any atom is -0.310 e. The first-order valence-corrected chi connectivity index (χ1v) is 22.8. The molecule has 2 aliphatic rings. The predicted octanol–water partition coefficient (Wildman–Crippen LogP) is 17.4. The molecule has 0 fully saturated rings. The van der Waals surface area contributed by atoms with Gasteiger partial charge >= 0.3 is 0 Å². The molecule has 0 aromatic heterocycles. The Morgan fingerprint density at radius 1 is 0.333 bits per heavy atom. The molecule has 8 aromatic rings. The zero-order valence-corrected chi connectivity index (χ0v) is 38.7. The molecule has 1 nitrogen and oxygen atoms in total. The van der Waals surface area contributed by atoms with E-state index < -0.39 is 0 Å². The second-order valence-corrected chi connectivity index (χ2v) is 21.1. The lowest BCUT2D eigenvalue weighted by Crippen LogP contribution is -2.18. The monoisotopic (exact) mass is 817 g/mol. The van der Waals surface area contributed by atoms with Crippen LogP contribution < -0.4 is 4.90 Å². The zero-order chi connectivity index (χ0) is 44.1. The van der Waals surface area contributed by atoms with Gasteiger partial charge in [-0.25, -0.2) is 0 Å². The smallest absolute Gasteiger partial charge is 0.0540 e. The summed E-state index contributed by atoms with van der Waals surface area (Å²) >= 11 is 0. The van der Waals surface area contributed by atoms with Crippen LogP contribution in [0.25, 0.3) is 55.6 Å². The van der Waals surface area contributed by atoms with Gasteiger partial charge < -0.3 is 4.90 Å². The summed E-state index contributed by atoms with van der Waals surface area (Å²) in [5.41, 5.74) is 24.1. The lowest BCUT2D eigenvalue weighted by atomic mass is 9.77. The molecule has 0 unspecified atom stereocenters. The third-order valence-corrected chi connectivity index (χ3v) is 14.2. The van der Waals surface area contributed by atoms with E-state index in [0.717, 1.165) is 17.1 Å². The average Bonchev–Trinajstić information content (AvgIpc) is 3.65. The summed E-state index contributed by atoms with van der Waals surface area (Å²) in [4.78, 5) is 2.51. The SMILES string of the molecule is CC(C)(C)c1cc(-c2cc(-c3ccccc3)c3c(c2)C(C)(C)c2cc(N(c4ccc5c(c4)C(C)(C)c4ccccc4-5)c4ccccc4-c4ccccc4)ccc2-3)cc(C(C)(C)C)c1. The molecule has 0 bridgehead atoms. The number of anilines is 3. The highest BCUT2D eigenvalue weighted by Gasteiger charge is 2.40. The average molecular weight is 818 g/mol. The van der Waals surface area contributed by atoms with Crippen molar-refractivity contribution in [2.24, 2.45) is 0 Å². The molecule has 0 aliphatic heterocycles. The van der Waals surface area contributed by atoms with Gasteiger partial charge in [0.2, 0.25) is 0 Å². The first kappa shape index (κ1) is 40.6. The molecule has 63 heavy (non-hydrogen) atoms. The molecule has 0 saturated carbocycles. The molecule has 2 aliphatic carbocycles. The van der Waals surface area contributed by atoms with E-state index in [2.05, 4.69) is 250 Å². The molecule has 8 aromatic carbocycles. The van der Waals surface area contributed by atoms with Gasteiger partial charge in [-0.2, -0.15) is 0 Å². The Morgan fingerprint density at radius 3 is 1.40 bits per heavy atom. The van der Waals surface area contributed by atoms with Gasteiger partial charge in [-0.15, -0.1) is 0 Å². The van der Waals surface area contributed by atoms with Crippen molar-refractivity contribution in [2.75, 3.05) is 4.90 Å². The van der Waals surface area contributed by atoms with Crippen molar-refractivity contribution < 1.29 is 0 Å². The van der Waals surface area contributed by atoms with Crippen molar-refractivity contribution >= 4 is 17.1 Å². The Hall–Kier alpha value is -6.44. The van der Waals surface area contributed by atoms with Crippen molar-refractivity contribution in [2.45, 2.75) is 90.9 Å². The second-order valence-electron chi connectivity index (χ2n) is 21.1. The van der Waals surface area contributed by atoms with Crippen LogP contribution >= 0.6 is 0 Å². The van der Waals surface area contributed by atoms with Crippen LogP contribution in [0.2, 0.25) is 0 Å². The van der Waals surface area contributed by atoms with E-state index in [9.17, 15) is 0 Å². The van der Waals surface area contributed by atoms with Crippen LogP contribution in [-0.2, 0) is 21.7 Å². The number of benzene rings is 8. The Bertz CT molecular complexity index is 3030. The van der Waals surface area contributed by atoms with Gasteiger partial charge in [0.05, 0.1) is 5.69 Å². The van der Waals surface area contributed by atoms with Crippen LogP contribution in [0.1, 0.15) is 103 Å². The van der Waals surface area contributed by atoms with Gasteiger partial charge in [0, 0.05) is 27.8 Å². The molecule has 1 heteroatoms. The fourth-order valence-electron chi connectivity index (χ4n) is 10.4. The topological polar surface area (TPSA) is 3.24 Å². The summed E-state index contributed by atoms with van der Waals surface area (Å²) in [5, 5.41) is 0. The van der Waals surface area contributed by atoms with Gasteiger partial charge in [0.15, 0.2) is 0 Å². The van der Waals surface area contributed by atoms with E-state index in [1.54, 1.807) is 0 Å². The maximum Gasteiger partial charge on any atom is 0.0540 e. The summed E-state index contributed by atoms with van der Waals surface area (Å²) in [6.07, 6.45) is 0. The predicted molar refractivity (Wildman–Crippen MR) is 270 cm³/mol. The standard InChI is InChI=1S/C62H59N/c1-59(2,3)44-33-42(34-45(37-44)60(4,5)6)43-35-52(41-23-15-12-16-24-41)58-51-32-30-47(39-55(51)62(9,10)56(58)36-43)63(57-28-20-18-25-48(57)40-21-13-11-14-22-40)46-29-31-50-49-26-17-19-27-53(49)61(7,8)54(50)38-46/h11-39H,1-10H3. The summed E-state index contributed by atoms with van der Waals surface area (Å²) in [6.45, 7) is 23.6. The Balaban J connectivity index is 1.19. The highest BCUT2D eigenvalue weighted by atomic mass is 15.1. The molecule has 0 radical (unpaired) electrons. The molecule has 10 rings (SSSR count). The number of hydrogen-bond donors (Lipinski definition) is 0. The molecule has 0 atom stereocenters. The Morgan fingerprint density at radius 2 is 0.794 bits per heavy atom. The summed E-state index contributed by atoms with van der Waals surface area (Å²) in [5.74, 6) is 0. The van der Waals surface area contributed by atoms with Gasteiger partial charge in [0.1, 0.15) is 0 Å². The minimum atomic E-state index is -0.277. The normalized spacial score (nSPS) is 14.4. The van der Waals surface area contributed by atoms with Gasteiger partial charge in [0.25, 0.3) is 0 Å². The van der Waals surface area contributed by atoms with Crippen molar-refractivity contribution in [3.63, 3.8) is 0 Å². The van der Waals surface area contributed by atoms with E-state index in [1.807, 2.05) is 0 Å². The molecule has 0 spiro atoms. The number of hydrogen-bond acceptors (Lipinski definition) is 1. The number of nitrogens with zero attached hydrogens (tertiary/aromatic N) is 1. The summed E-state index contributed by atoms with van der Waals surface area (Å²) < 4.78 is 0. The van der Waals surface area contributed by atoms with E-state index in [-0.39, 0.29) is 21.7 Å². The summed E-state index contributed by atoms with van der Waals surface area (Å²) in [7, 11) is 0. The maximum absolute atomic E-state index is 2.51. The van der Waals surface area contributed by atoms with Gasteiger partial charge in [-0.05, 0) is 137 Å². The van der Waals surface area contributed by atoms with Gasteiger partial charge in [-0.1, -0.05) is 203 Å². The zero-order valence-electron chi connectivity index (χ0n) is 38.7. The highest BCUT2D eigenvalue weighted by molar-refractivity contribution is 5.97. The fraction of sp³-hybridized carbons (Fsp3) is 0.226. The first-order chi connectivity index (χ1) is 30.0. The van der Waals surface area contributed by atoms with Crippen LogP contribution in [0.4, 0.5) is 17.1 Å². The third-order valence-electron chi connectivity index (χ3n) is 14.2. The third kappa shape index (κ3) is 6.76. The van der Waals surface area contributed by atoms with Crippen molar-refractivity contribution in [3.8, 4) is 55.6 Å². The van der Waals surface area contributed by atoms with Crippen LogP contribution in [0, 0.1) is 0 Å². The fourth-order valence-corrected chi connectivity index (χ4v) is 10.4. The minimum absolute atomic E-state index is 0.0183. The second kappa shape index (κ2) is 14.6. The van der Waals surface area contributed by atoms with E-state index in [1.165, 1.54) is 89.0 Å². The van der Waals surface area contributed by atoms with Crippen LogP contribution in [0.15, 0.2) is 176 Å². The van der Waals surface area contributed by atoms with Crippen molar-refractivity contribution in [1.29, 1.82) is 0 Å². The van der Waals surface area contributed by atoms with Crippen LogP contribution in [0.5, 0.6) is 0 Å². The van der Waals surface area contributed by atoms with Crippen molar-refractivity contribution in [3.05, 3.63) is 209 Å². The number of rotatable bonds is 6. The quantitative estimate of drug-likeness (QED) is 0.162. The highest BCUT2D eigenvalue weighted by Crippen LogP contribution is 2.56. The van der Waals surface area contributed by atoms with Gasteiger partial charge in [-0.3, -0.25) is 0 Å². The number of para-hydroxylation sites is 1. The van der Waals surface area contributed by atoms with E-state index >= 15 is 0 Å². The molecule has 0 saturated heterocycles. The van der Waals surface area contributed by atoms with Crippen LogP contribution in [0.3, 0.4) is 0 Å². The van der Waals surface area contributed by atoms with Crippen LogP contribution in [-0.4, -0.2) is 0 Å². The Kier molecular flexibility index (Phi) is 9.39. The molecule has 0 amide bonds. The molecule has 0 N–H and O–H groups in total. The largest absolute Gasteiger partial charge is 0.310 e. The van der Waals surface area contributed by atoms with E-state index in [4.69, 9.17) is 0 Å². The summed E-state index contributed by atoms with van der Waals surface area (Å²) in [6, 6.07) is 66.4. The van der Waals surface area contributed by atoms with E-state index in [0.29, 0.717) is 0 Å². The van der Waals surface area contributed by atoms with Crippen molar-refractivity contribution in [1.82, 2.24) is 0 Å².